The lowest BCUT2D eigenvalue weighted by Gasteiger charge is -2.10. The van der Waals surface area contributed by atoms with Crippen molar-refractivity contribution in [2.75, 3.05) is 0 Å². The summed E-state index contributed by atoms with van der Waals surface area (Å²) in [5, 5.41) is 27.9. The first-order chi connectivity index (χ1) is 12.5. The molecule has 4 rings (SSSR count). The summed E-state index contributed by atoms with van der Waals surface area (Å²) >= 11 is 5.45. The Kier molecular flexibility index (Phi) is 3.81. The molecule has 0 bridgehead atoms. The van der Waals surface area contributed by atoms with Gasteiger partial charge in [0.2, 0.25) is 0 Å². The number of phenolic OH excluding ortho intramolecular Hbond substituents is 2. The van der Waals surface area contributed by atoms with Crippen LogP contribution in [-0.2, 0) is 0 Å². The smallest absolute Gasteiger partial charge is 0.200 e. The molecule has 2 heterocycles. The molecule has 0 unspecified atom stereocenters. The van der Waals surface area contributed by atoms with E-state index in [0.29, 0.717) is 22.1 Å². The van der Waals surface area contributed by atoms with Crippen molar-refractivity contribution < 1.29 is 10.2 Å². The van der Waals surface area contributed by atoms with Gasteiger partial charge in [0.1, 0.15) is 11.5 Å². The van der Waals surface area contributed by atoms with Gasteiger partial charge in [0.05, 0.1) is 11.3 Å². The van der Waals surface area contributed by atoms with Gasteiger partial charge in [-0.2, -0.15) is 5.10 Å². The third kappa shape index (κ3) is 2.57. The van der Waals surface area contributed by atoms with Crippen LogP contribution in [0, 0.1) is 4.77 Å². The normalized spacial score (nSPS) is 11.5. The maximum absolute atomic E-state index is 10.2. The summed E-state index contributed by atoms with van der Waals surface area (Å²) in [7, 11) is 0. The van der Waals surface area contributed by atoms with Gasteiger partial charge in [0, 0.05) is 22.7 Å². The number of aromatic amines is 2. The van der Waals surface area contributed by atoms with Crippen molar-refractivity contribution in [3.05, 3.63) is 52.9 Å². The fourth-order valence-corrected chi connectivity index (χ4v) is 3.31. The summed E-state index contributed by atoms with van der Waals surface area (Å²) < 4.78 is 2.22. The summed E-state index contributed by atoms with van der Waals surface area (Å²) in [6.07, 6.45) is 0. The highest BCUT2D eigenvalue weighted by molar-refractivity contribution is 7.71. The monoisotopic (exact) mass is 366 g/mol. The second-order valence-electron chi connectivity index (χ2n) is 6.51. The standard InChI is InChI=1S/C19H18N4O2S/c1-10(2)15-9-13-14(20-15)4-3-5-16(13)23-18(21-22-19(23)26)12-7-6-11(24)8-17(12)25/h3-10,20,24-25H,1-2H3,(H,22,26). The Labute approximate surface area is 154 Å². The zero-order valence-electron chi connectivity index (χ0n) is 14.3. The first kappa shape index (κ1) is 16.4. The molecule has 6 nitrogen and oxygen atoms in total. The average Bonchev–Trinajstić information content (AvgIpc) is 3.18. The van der Waals surface area contributed by atoms with E-state index in [-0.39, 0.29) is 11.5 Å². The molecular formula is C19H18N4O2S. The number of hydrogen-bond acceptors (Lipinski definition) is 4. The molecular weight excluding hydrogens is 348 g/mol. The van der Waals surface area contributed by atoms with E-state index in [1.165, 1.54) is 12.1 Å². The fraction of sp³-hybridized carbons (Fsp3) is 0.158. The van der Waals surface area contributed by atoms with Crippen molar-refractivity contribution >= 4 is 23.1 Å². The molecule has 7 heteroatoms. The maximum atomic E-state index is 10.2. The van der Waals surface area contributed by atoms with E-state index in [1.807, 2.05) is 18.2 Å². The van der Waals surface area contributed by atoms with Crippen LogP contribution >= 0.6 is 12.2 Å². The first-order valence-electron chi connectivity index (χ1n) is 8.27. The summed E-state index contributed by atoms with van der Waals surface area (Å²) in [6, 6.07) is 12.5. The summed E-state index contributed by atoms with van der Waals surface area (Å²) in [5.74, 6) is 0.770. The highest BCUT2D eigenvalue weighted by Crippen LogP contribution is 2.34. The van der Waals surface area contributed by atoms with Crippen LogP contribution in [0.4, 0.5) is 0 Å². The molecule has 0 saturated heterocycles. The number of rotatable bonds is 3. The molecule has 4 N–H and O–H groups in total. The van der Waals surface area contributed by atoms with Crippen molar-refractivity contribution in [2.24, 2.45) is 0 Å². The molecule has 0 atom stereocenters. The number of nitrogens with one attached hydrogen (secondary N) is 2. The second kappa shape index (κ2) is 6.03. The second-order valence-corrected chi connectivity index (χ2v) is 6.89. The van der Waals surface area contributed by atoms with Crippen LogP contribution in [0.1, 0.15) is 25.5 Å². The van der Waals surface area contributed by atoms with Crippen LogP contribution < -0.4 is 0 Å². The number of aromatic nitrogens is 4. The number of aromatic hydroxyl groups is 2. The molecule has 2 aromatic carbocycles. The van der Waals surface area contributed by atoms with Gasteiger partial charge in [-0.15, -0.1) is 0 Å². The molecule has 0 aliphatic rings. The molecule has 0 spiro atoms. The summed E-state index contributed by atoms with van der Waals surface area (Å²) in [5.41, 5.74) is 3.49. The minimum Gasteiger partial charge on any atom is -0.508 e. The van der Waals surface area contributed by atoms with Crippen LogP contribution in [0.5, 0.6) is 11.5 Å². The number of hydrogen-bond donors (Lipinski definition) is 4. The molecule has 0 amide bonds. The number of phenols is 2. The van der Waals surface area contributed by atoms with E-state index in [1.54, 1.807) is 10.6 Å². The Bertz CT molecular complexity index is 1170. The quantitative estimate of drug-likeness (QED) is 0.399. The van der Waals surface area contributed by atoms with Gasteiger partial charge in [-0.25, -0.2) is 0 Å². The molecule has 0 aliphatic heterocycles. The highest BCUT2D eigenvalue weighted by atomic mass is 32.1. The minimum atomic E-state index is -0.0654. The lowest BCUT2D eigenvalue weighted by atomic mass is 10.1. The van der Waals surface area contributed by atoms with E-state index >= 15 is 0 Å². The van der Waals surface area contributed by atoms with E-state index in [0.717, 1.165) is 22.3 Å². The van der Waals surface area contributed by atoms with Gasteiger partial charge in [0.15, 0.2) is 10.6 Å². The molecule has 2 aromatic heterocycles. The van der Waals surface area contributed by atoms with Crippen LogP contribution in [0.3, 0.4) is 0 Å². The molecule has 0 radical (unpaired) electrons. The Hall–Kier alpha value is -3.06. The van der Waals surface area contributed by atoms with E-state index in [9.17, 15) is 10.2 Å². The number of benzene rings is 2. The molecule has 0 aliphatic carbocycles. The van der Waals surface area contributed by atoms with Crippen molar-refractivity contribution in [1.29, 1.82) is 0 Å². The molecule has 0 fully saturated rings. The van der Waals surface area contributed by atoms with Crippen molar-refractivity contribution in [3.8, 4) is 28.6 Å². The lowest BCUT2D eigenvalue weighted by Crippen LogP contribution is -1.98. The zero-order chi connectivity index (χ0) is 18.4. The van der Waals surface area contributed by atoms with Crippen LogP contribution in [0.2, 0.25) is 0 Å². The van der Waals surface area contributed by atoms with Crippen LogP contribution in [-0.4, -0.2) is 30.0 Å². The van der Waals surface area contributed by atoms with Crippen LogP contribution in [0.25, 0.3) is 28.0 Å². The molecule has 0 saturated carbocycles. The van der Waals surface area contributed by atoms with Gasteiger partial charge in [-0.1, -0.05) is 19.9 Å². The van der Waals surface area contributed by atoms with Gasteiger partial charge < -0.3 is 15.2 Å². The van der Waals surface area contributed by atoms with Crippen LogP contribution in [0.15, 0.2) is 42.5 Å². The van der Waals surface area contributed by atoms with Crippen molar-refractivity contribution in [3.63, 3.8) is 0 Å². The zero-order valence-corrected chi connectivity index (χ0v) is 15.1. The van der Waals surface area contributed by atoms with Gasteiger partial charge in [0.25, 0.3) is 0 Å². The van der Waals surface area contributed by atoms with E-state index in [2.05, 4.69) is 35.1 Å². The Morgan fingerprint density at radius 1 is 1.12 bits per heavy atom. The van der Waals surface area contributed by atoms with Crippen molar-refractivity contribution in [2.45, 2.75) is 19.8 Å². The first-order valence-corrected chi connectivity index (χ1v) is 8.68. The Balaban J connectivity index is 1.99. The fourth-order valence-electron chi connectivity index (χ4n) is 3.08. The molecule has 132 valence electrons. The number of nitrogens with zero attached hydrogens (tertiary/aromatic N) is 2. The van der Waals surface area contributed by atoms with Gasteiger partial charge in [-0.05, 0) is 48.5 Å². The molecule has 4 aromatic rings. The predicted octanol–water partition coefficient (Wildman–Crippen LogP) is 4.61. The minimum absolute atomic E-state index is 0.0127. The number of fused-ring (bicyclic) bond motifs is 1. The Morgan fingerprint density at radius 3 is 2.65 bits per heavy atom. The average molecular weight is 366 g/mol. The van der Waals surface area contributed by atoms with E-state index < -0.39 is 0 Å². The third-order valence-corrected chi connectivity index (χ3v) is 4.69. The van der Waals surface area contributed by atoms with Gasteiger partial charge >= 0.3 is 0 Å². The summed E-state index contributed by atoms with van der Waals surface area (Å²) in [6.45, 7) is 4.27. The predicted molar refractivity (Wildman–Crippen MR) is 103 cm³/mol. The topological polar surface area (TPSA) is 89.9 Å². The largest absolute Gasteiger partial charge is 0.508 e. The van der Waals surface area contributed by atoms with E-state index in [4.69, 9.17) is 12.2 Å². The van der Waals surface area contributed by atoms with Gasteiger partial charge in [-0.3, -0.25) is 9.67 Å². The molecule has 26 heavy (non-hydrogen) atoms. The number of H-pyrrole nitrogens is 2. The lowest BCUT2D eigenvalue weighted by molar-refractivity contribution is 0.451. The highest BCUT2D eigenvalue weighted by Gasteiger charge is 2.17. The van der Waals surface area contributed by atoms with Crippen molar-refractivity contribution in [1.82, 2.24) is 19.7 Å². The maximum Gasteiger partial charge on any atom is 0.200 e. The summed E-state index contributed by atoms with van der Waals surface area (Å²) in [4.78, 5) is 3.43. The third-order valence-electron chi connectivity index (χ3n) is 4.42. The Morgan fingerprint density at radius 2 is 1.92 bits per heavy atom. The SMILES string of the molecule is CC(C)c1cc2c(-n3c(-c4ccc(O)cc4O)n[nH]c3=S)cccc2[nH]1.